The molecule has 7 heteroatoms. The van der Waals surface area contributed by atoms with Gasteiger partial charge in [0.1, 0.15) is 5.52 Å². The molecule has 0 spiro atoms. The van der Waals surface area contributed by atoms with E-state index in [2.05, 4.69) is 20.9 Å². The Morgan fingerprint density at radius 1 is 0.931 bits per heavy atom. The third-order valence-corrected chi connectivity index (χ3v) is 4.87. The number of ketones is 1. The molecule has 0 N–H and O–H groups in total. The molecule has 0 saturated heterocycles. The van der Waals surface area contributed by atoms with Crippen molar-refractivity contribution in [2.24, 2.45) is 0 Å². The van der Waals surface area contributed by atoms with Crippen molar-refractivity contribution in [1.29, 1.82) is 0 Å². The Bertz CT molecular complexity index is 1230. The first-order valence-corrected chi connectivity index (χ1v) is 9.42. The zero-order valence-electron chi connectivity index (χ0n) is 14.9. The van der Waals surface area contributed by atoms with Gasteiger partial charge < -0.3 is 4.74 Å². The van der Waals surface area contributed by atoms with Crippen LogP contribution in [0.1, 0.15) is 15.9 Å². The van der Waals surface area contributed by atoms with Gasteiger partial charge in [0.2, 0.25) is 5.75 Å². The molecule has 3 aromatic carbocycles. The molecule has 0 aliphatic rings. The molecule has 0 fully saturated rings. The highest BCUT2D eigenvalue weighted by molar-refractivity contribution is 9.10. The van der Waals surface area contributed by atoms with Crippen molar-refractivity contribution in [2.75, 3.05) is 0 Å². The summed E-state index contributed by atoms with van der Waals surface area (Å²) in [5.74, 6) is 0.137. The lowest BCUT2D eigenvalue weighted by Crippen LogP contribution is -2.03. The van der Waals surface area contributed by atoms with Gasteiger partial charge in [0, 0.05) is 33.2 Å². The van der Waals surface area contributed by atoms with Crippen LogP contribution in [0.25, 0.3) is 10.9 Å². The number of carbonyl (C=O) groups excluding carboxylic acids is 1. The van der Waals surface area contributed by atoms with Crippen molar-refractivity contribution in [3.05, 3.63) is 105 Å². The summed E-state index contributed by atoms with van der Waals surface area (Å²) in [5.41, 5.74) is 0.956. The first-order valence-electron chi connectivity index (χ1n) is 8.63. The van der Waals surface area contributed by atoms with Crippen LogP contribution in [0.15, 0.2) is 83.5 Å². The van der Waals surface area contributed by atoms with Crippen LogP contribution in [0.2, 0.25) is 0 Å². The van der Waals surface area contributed by atoms with E-state index in [9.17, 15) is 14.9 Å². The summed E-state index contributed by atoms with van der Waals surface area (Å²) in [6.45, 7) is 0. The summed E-state index contributed by atoms with van der Waals surface area (Å²) in [6.07, 6.45) is 1.63. The maximum Gasteiger partial charge on any atom is 0.312 e. The third-order valence-electron chi connectivity index (χ3n) is 4.34. The highest BCUT2D eigenvalue weighted by atomic mass is 79.9. The van der Waals surface area contributed by atoms with Gasteiger partial charge in [-0.15, -0.1) is 0 Å². The van der Waals surface area contributed by atoms with Gasteiger partial charge in [-0.2, -0.15) is 0 Å². The largest absolute Gasteiger partial charge is 0.448 e. The fourth-order valence-electron chi connectivity index (χ4n) is 2.93. The second kappa shape index (κ2) is 7.81. The van der Waals surface area contributed by atoms with Gasteiger partial charge in [0.05, 0.1) is 4.92 Å². The van der Waals surface area contributed by atoms with Crippen LogP contribution in [-0.4, -0.2) is 15.7 Å². The number of nitrogens with zero attached hydrogens (tertiary/aromatic N) is 2. The van der Waals surface area contributed by atoms with Crippen molar-refractivity contribution >= 4 is 38.3 Å². The molecular weight excluding hydrogens is 436 g/mol. The molecule has 0 radical (unpaired) electrons. The van der Waals surface area contributed by atoms with E-state index in [1.165, 1.54) is 18.2 Å². The molecule has 0 aliphatic heterocycles. The van der Waals surface area contributed by atoms with E-state index in [1.807, 2.05) is 12.1 Å². The van der Waals surface area contributed by atoms with Crippen LogP contribution in [-0.2, 0) is 0 Å². The Balaban J connectivity index is 1.72. The van der Waals surface area contributed by atoms with Crippen molar-refractivity contribution in [1.82, 2.24) is 4.98 Å². The number of fused-ring (bicyclic) bond motifs is 1. The van der Waals surface area contributed by atoms with E-state index in [4.69, 9.17) is 4.74 Å². The Morgan fingerprint density at radius 2 is 1.66 bits per heavy atom. The predicted molar refractivity (Wildman–Crippen MR) is 112 cm³/mol. The highest BCUT2D eigenvalue weighted by Gasteiger charge is 2.21. The molecule has 142 valence electrons. The number of aromatic nitrogens is 1. The van der Waals surface area contributed by atoms with Crippen molar-refractivity contribution in [2.45, 2.75) is 0 Å². The molecule has 6 nitrogen and oxygen atoms in total. The maximum atomic E-state index is 12.7. The summed E-state index contributed by atoms with van der Waals surface area (Å²) < 4.78 is 6.66. The lowest BCUT2D eigenvalue weighted by atomic mass is 10.0. The van der Waals surface area contributed by atoms with E-state index >= 15 is 0 Å². The standard InChI is InChI=1S/C22H13BrN2O4/c23-17-9-6-15(7-10-17)22(26)16-8-11-19(18(13-16)25(27)28)29-20-5-1-3-14-4-2-12-24-21(14)20/h1-13H. The van der Waals surface area contributed by atoms with Crippen molar-refractivity contribution in [3.8, 4) is 11.5 Å². The molecule has 29 heavy (non-hydrogen) atoms. The summed E-state index contributed by atoms with van der Waals surface area (Å²) in [6, 6.07) is 20.0. The van der Waals surface area contributed by atoms with Gasteiger partial charge in [0.25, 0.3) is 0 Å². The van der Waals surface area contributed by atoms with Gasteiger partial charge in [0.15, 0.2) is 11.5 Å². The van der Waals surface area contributed by atoms with E-state index < -0.39 is 4.92 Å². The number of halogens is 1. The van der Waals surface area contributed by atoms with Gasteiger partial charge in [-0.1, -0.05) is 34.1 Å². The molecule has 0 aliphatic carbocycles. The smallest absolute Gasteiger partial charge is 0.312 e. The fourth-order valence-corrected chi connectivity index (χ4v) is 3.20. The van der Waals surface area contributed by atoms with Crippen LogP contribution in [0.3, 0.4) is 0 Å². The number of ether oxygens (including phenoxy) is 1. The minimum atomic E-state index is -0.563. The number of benzene rings is 3. The number of pyridine rings is 1. The van der Waals surface area contributed by atoms with Crippen molar-refractivity contribution < 1.29 is 14.5 Å². The minimum Gasteiger partial charge on any atom is -0.448 e. The second-order valence-electron chi connectivity index (χ2n) is 6.21. The average molecular weight is 449 g/mol. The predicted octanol–water partition coefficient (Wildman–Crippen LogP) is 5.93. The quantitative estimate of drug-likeness (QED) is 0.214. The summed E-state index contributed by atoms with van der Waals surface area (Å²) in [7, 11) is 0. The number of hydrogen-bond donors (Lipinski definition) is 0. The van der Waals surface area contributed by atoms with Gasteiger partial charge in [-0.05, 0) is 48.5 Å². The number of carbonyl (C=O) groups is 1. The van der Waals surface area contributed by atoms with Crippen LogP contribution in [0.5, 0.6) is 11.5 Å². The van der Waals surface area contributed by atoms with E-state index in [0.717, 1.165) is 9.86 Å². The monoisotopic (exact) mass is 448 g/mol. The van der Waals surface area contributed by atoms with Gasteiger partial charge in [-0.3, -0.25) is 19.9 Å². The Hall–Kier alpha value is -3.58. The normalized spacial score (nSPS) is 10.7. The van der Waals surface area contributed by atoms with E-state index in [1.54, 1.807) is 48.7 Å². The van der Waals surface area contributed by atoms with Gasteiger partial charge in [-0.25, -0.2) is 0 Å². The summed E-state index contributed by atoms with van der Waals surface area (Å²) in [5, 5.41) is 12.5. The van der Waals surface area contributed by atoms with E-state index in [-0.39, 0.29) is 22.8 Å². The minimum absolute atomic E-state index is 0.0421. The third kappa shape index (κ3) is 3.86. The van der Waals surface area contributed by atoms with Gasteiger partial charge >= 0.3 is 5.69 Å². The SMILES string of the molecule is O=C(c1ccc(Br)cc1)c1ccc(Oc2cccc3cccnc23)c([N+](=O)[O-])c1. The zero-order chi connectivity index (χ0) is 20.4. The molecular formula is C22H13BrN2O4. The number of rotatable bonds is 5. The lowest BCUT2D eigenvalue weighted by Gasteiger charge is -2.10. The first-order chi connectivity index (χ1) is 14.0. The molecule has 0 amide bonds. The van der Waals surface area contributed by atoms with Crippen LogP contribution >= 0.6 is 15.9 Å². The molecule has 4 rings (SSSR count). The molecule has 0 bridgehead atoms. The van der Waals surface area contributed by atoms with Crippen molar-refractivity contribution in [3.63, 3.8) is 0 Å². The topological polar surface area (TPSA) is 82.3 Å². The summed E-state index contributed by atoms with van der Waals surface area (Å²) >= 11 is 3.32. The zero-order valence-corrected chi connectivity index (χ0v) is 16.5. The van der Waals surface area contributed by atoms with E-state index in [0.29, 0.717) is 16.8 Å². The first kappa shape index (κ1) is 18.8. The van der Waals surface area contributed by atoms with Crippen LogP contribution in [0, 0.1) is 10.1 Å². The van der Waals surface area contributed by atoms with Crippen LogP contribution in [0.4, 0.5) is 5.69 Å². The molecule has 0 saturated carbocycles. The molecule has 1 aromatic heterocycles. The van der Waals surface area contributed by atoms with Crippen LogP contribution < -0.4 is 4.74 Å². The summed E-state index contributed by atoms with van der Waals surface area (Å²) in [4.78, 5) is 28.0. The Labute approximate surface area is 174 Å². The number of hydrogen-bond acceptors (Lipinski definition) is 5. The maximum absolute atomic E-state index is 12.7. The molecule has 4 aromatic rings. The Morgan fingerprint density at radius 3 is 2.41 bits per heavy atom. The molecule has 1 heterocycles. The number of nitro benzene ring substituents is 1. The lowest BCUT2D eigenvalue weighted by molar-refractivity contribution is -0.385. The average Bonchev–Trinajstić information content (AvgIpc) is 2.74. The number of para-hydroxylation sites is 1. The molecule has 0 atom stereocenters. The second-order valence-corrected chi connectivity index (χ2v) is 7.12. The highest BCUT2D eigenvalue weighted by Crippen LogP contribution is 2.35. The number of nitro groups is 1. The fraction of sp³-hybridized carbons (Fsp3) is 0. The molecule has 0 unspecified atom stereocenters. The Kier molecular flexibility index (Phi) is 5.05.